The van der Waals surface area contributed by atoms with Crippen LogP contribution in [0.5, 0.6) is 0 Å². The molecule has 1 aliphatic carbocycles. The molecule has 0 radical (unpaired) electrons. The Balaban J connectivity index is 2.10. The van der Waals surface area contributed by atoms with Crippen molar-refractivity contribution < 1.29 is 4.21 Å². The summed E-state index contributed by atoms with van der Waals surface area (Å²) in [7, 11) is -0.660. The van der Waals surface area contributed by atoms with E-state index < -0.39 is 10.8 Å². The van der Waals surface area contributed by atoms with Crippen LogP contribution in [-0.2, 0) is 10.8 Å². The molecule has 0 aromatic rings. The van der Waals surface area contributed by atoms with E-state index in [1.807, 2.05) is 0 Å². The van der Waals surface area contributed by atoms with Crippen molar-refractivity contribution in [3.05, 3.63) is 0 Å². The van der Waals surface area contributed by atoms with Crippen molar-refractivity contribution in [3.63, 3.8) is 0 Å². The van der Waals surface area contributed by atoms with Crippen molar-refractivity contribution in [2.75, 3.05) is 12.8 Å². The molecular weight excluding hydrogens is 206 g/mol. The lowest BCUT2D eigenvalue weighted by molar-refractivity contribution is 0.455. The van der Waals surface area contributed by atoms with E-state index in [4.69, 9.17) is 0 Å². The van der Waals surface area contributed by atoms with Crippen LogP contribution in [0.1, 0.15) is 51.9 Å². The maximum absolute atomic E-state index is 11.2. The Kier molecular flexibility index (Phi) is 6.50. The van der Waals surface area contributed by atoms with E-state index >= 15 is 0 Å². The molecular formula is C12H25NOS. The van der Waals surface area contributed by atoms with Crippen molar-refractivity contribution in [2.24, 2.45) is 0 Å². The average Bonchev–Trinajstić information content (AvgIpc) is 2.46. The lowest BCUT2D eigenvalue weighted by Gasteiger charge is -2.17. The summed E-state index contributed by atoms with van der Waals surface area (Å²) >= 11 is 0. The molecule has 2 atom stereocenters. The van der Waals surface area contributed by atoms with E-state index in [-0.39, 0.29) is 0 Å². The zero-order chi connectivity index (χ0) is 11.1. The Morgan fingerprint density at radius 1 is 1.27 bits per heavy atom. The summed E-state index contributed by atoms with van der Waals surface area (Å²) in [6.45, 7) is 3.11. The van der Waals surface area contributed by atoms with Crippen molar-refractivity contribution in [2.45, 2.75) is 63.2 Å². The normalized spacial score (nSPS) is 23.3. The molecule has 1 fully saturated rings. The van der Waals surface area contributed by atoms with Crippen LogP contribution in [0.4, 0.5) is 0 Å². The van der Waals surface area contributed by atoms with Crippen molar-refractivity contribution in [1.82, 2.24) is 5.32 Å². The van der Waals surface area contributed by atoms with Gasteiger partial charge in [0, 0.05) is 28.3 Å². The highest BCUT2D eigenvalue weighted by Gasteiger charge is 2.12. The Morgan fingerprint density at radius 3 is 2.40 bits per heavy atom. The molecule has 90 valence electrons. The van der Waals surface area contributed by atoms with Gasteiger partial charge in [-0.2, -0.15) is 0 Å². The molecule has 2 unspecified atom stereocenters. The van der Waals surface area contributed by atoms with Crippen LogP contribution in [0.25, 0.3) is 0 Å². The third-order valence-electron chi connectivity index (χ3n) is 3.41. The van der Waals surface area contributed by atoms with Gasteiger partial charge in [-0.15, -0.1) is 0 Å². The van der Waals surface area contributed by atoms with Gasteiger partial charge in [0.1, 0.15) is 0 Å². The van der Waals surface area contributed by atoms with E-state index in [2.05, 4.69) is 12.2 Å². The minimum Gasteiger partial charge on any atom is -0.314 e. The lowest BCUT2D eigenvalue weighted by atomic mass is 10.1. The molecule has 15 heavy (non-hydrogen) atoms. The Labute approximate surface area is 96.7 Å². The first kappa shape index (κ1) is 13.2. The number of nitrogens with one attached hydrogen (secondary N) is 1. The molecule has 0 aromatic carbocycles. The monoisotopic (exact) mass is 231 g/mol. The molecule has 2 nitrogen and oxygen atoms in total. The van der Waals surface area contributed by atoms with Crippen LogP contribution in [0.15, 0.2) is 0 Å². The molecule has 0 heterocycles. The number of hydrogen-bond donors (Lipinski definition) is 1. The predicted molar refractivity (Wildman–Crippen MR) is 67.6 cm³/mol. The Bertz CT molecular complexity index is 188. The molecule has 0 spiro atoms. The SMILES string of the molecule is CC(CCNC1CCCCCC1)S(C)=O. The van der Waals surface area contributed by atoms with Gasteiger partial charge in [-0.05, 0) is 25.8 Å². The molecule has 1 aliphatic rings. The number of hydrogen-bond acceptors (Lipinski definition) is 2. The van der Waals surface area contributed by atoms with Crippen molar-refractivity contribution in [1.29, 1.82) is 0 Å². The van der Waals surface area contributed by atoms with Gasteiger partial charge in [-0.1, -0.05) is 32.6 Å². The molecule has 0 aliphatic heterocycles. The minimum absolute atomic E-state index is 0.336. The highest BCUT2D eigenvalue weighted by atomic mass is 32.2. The summed E-state index contributed by atoms with van der Waals surface area (Å²) in [5.41, 5.74) is 0. The molecule has 3 heteroatoms. The fraction of sp³-hybridized carbons (Fsp3) is 1.00. The van der Waals surface area contributed by atoms with Crippen LogP contribution in [0, 0.1) is 0 Å². The first-order valence-corrected chi connectivity index (χ1v) is 7.88. The molecule has 0 saturated heterocycles. The summed E-state index contributed by atoms with van der Waals surface area (Å²) in [5.74, 6) is 0. The summed E-state index contributed by atoms with van der Waals surface area (Å²) in [6.07, 6.45) is 11.1. The van der Waals surface area contributed by atoms with Gasteiger partial charge in [-0.3, -0.25) is 4.21 Å². The maximum Gasteiger partial charge on any atom is 0.0329 e. The second kappa shape index (κ2) is 7.39. The molecule has 0 amide bonds. The van der Waals surface area contributed by atoms with Gasteiger partial charge in [-0.25, -0.2) is 0 Å². The van der Waals surface area contributed by atoms with E-state index in [0.717, 1.165) is 19.0 Å². The first-order chi connectivity index (χ1) is 7.20. The van der Waals surface area contributed by atoms with Gasteiger partial charge in [0.25, 0.3) is 0 Å². The molecule has 0 bridgehead atoms. The highest BCUT2D eigenvalue weighted by molar-refractivity contribution is 7.84. The van der Waals surface area contributed by atoms with Crippen molar-refractivity contribution in [3.8, 4) is 0 Å². The second-order valence-corrected chi connectivity index (χ2v) is 6.54. The average molecular weight is 231 g/mol. The summed E-state index contributed by atoms with van der Waals surface area (Å²) in [4.78, 5) is 0. The quantitative estimate of drug-likeness (QED) is 0.736. The van der Waals surface area contributed by atoms with Gasteiger partial charge in [0.2, 0.25) is 0 Å². The predicted octanol–water partition coefficient (Wildman–Crippen LogP) is 2.46. The third kappa shape index (κ3) is 5.67. The van der Waals surface area contributed by atoms with Crippen LogP contribution >= 0.6 is 0 Å². The number of rotatable bonds is 5. The van der Waals surface area contributed by atoms with Crippen LogP contribution < -0.4 is 5.32 Å². The van der Waals surface area contributed by atoms with Gasteiger partial charge < -0.3 is 5.32 Å². The Morgan fingerprint density at radius 2 is 1.87 bits per heavy atom. The maximum atomic E-state index is 11.2. The minimum atomic E-state index is -0.660. The summed E-state index contributed by atoms with van der Waals surface area (Å²) in [5, 5.41) is 3.95. The van der Waals surface area contributed by atoms with Crippen LogP contribution in [0.2, 0.25) is 0 Å². The van der Waals surface area contributed by atoms with E-state index in [0.29, 0.717) is 5.25 Å². The fourth-order valence-electron chi connectivity index (χ4n) is 2.14. The Hall–Kier alpha value is 0.110. The topological polar surface area (TPSA) is 29.1 Å². The van der Waals surface area contributed by atoms with E-state index in [1.54, 1.807) is 6.26 Å². The molecule has 1 rings (SSSR count). The largest absolute Gasteiger partial charge is 0.314 e. The smallest absolute Gasteiger partial charge is 0.0329 e. The first-order valence-electron chi connectivity index (χ1n) is 6.25. The molecule has 1 N–H and O–H groups in total. The molecule has 1 saturated carbocycles. The highest BCUT2D eigenvalue weighted by Crippen LogP contribution is 2.17. The van der Waals surface area contributed by atoms with Gasteiger partial charge in [0.05, 0.1) is 0 Å². The van der Waals surface area contributed by atoms with Gasteiger partial charge in [0.15, 0.2) is 0 Å². The van der Waals surface area contributed by atoms with Crippen LogP contribution in [-0.4, -0.2) is 28.3 Å². The van der Waals surface area contributed by atoms with Crippen LogP contribution in [0.3, 0.4) is 0 Å². The molecule has 0 aromatic heterocycles. The van der Waals surface area contributed by atoms with E-state index in [9.17, 15) is 4.21 Å². The zero-order valence-corrected chi connectivity index (χ0v) is 10.9. The zero-order valence-electron chi connectivity index (χ0n) is 10.1. The standard InChI is InChI=1S/C12H25NOS/c1-11(15(2)14)9-10-13-12-7-5-3-4-6-8-12/h11-13H,3-10H2,1-2H3. The van der Waals surface area contributed by atoms with Gasteiger partial charge >= 0.3 is 0 Å². The lowest BCUT2D eigenvalue weighted by Crippen LogP contribution is -2.31. The fourth-order valence-corrected chi connectivity index (χ4v) is 2.59. The van der Waals surface area contributed by atoms with Crippen molar-refractivity contribution >= 4 is 10.8 Å². The third-order valence-corrected chi connectivity index (χ3v) is 4.77. The van der Waals surface area contributed by atoms with E-state index in [1.165, 1.54) is 38.5 Å². The second-order valence-electron chi connectivity index (χ2n) is 4.74. The summed E-state index contributed by atoms with van der Waals surface area (Å²) < 4.78 is 11.2. The summed E-state index contributed by atoms with van der Waals surface area (Å²) in [6, 6.07) is 0.727.